The number of nitro groups is 1. The molecule has 3 N–H and O–H groups in total. The van der Waals surface area contributed by atoms with E-state index < -0.39 is 16.9 Å². The van der Waals surface area contributed by atoms with Gasteiger partial charge in [0.25, 0.3) is 5.69 Å². The lowest BCUT2D eigenvalue weighted by Crippen LogP contribution is -2.32. The van der Waals surface area contributed by atoms with Crippen molar-refractivity contribution in [2.45, 2.75) is 19.4 Å². The van der Waals surface area contributed by atoms with Gasteiger partial charge in [0.05, 0.1) is 15.8 Å². The summed E-state index contributed by atoms with van der Waals surface area (Å²) < 4.78 is 1.87. The number of aliphatic carboxylic acids is 1. The van der Waals surface area contributed by atoms with Crippen LogP contribution < -0.4 is 5.73 Å². The highest BCUT2D eigenvalue weighted by Crippen LogP contribution is 2.39. The summed E-state index contributed by atoms with van der Waals surface area (Å²) in [5, 5.41) is 21.2. The van der Waals surface area contributed by atoms with E-state index in [9.17, 15) is 14.9 Å². The van der Waals surface area contributed by atoms with Gasteiger partial charge < -0.3 is 15.4 Å². The molecule has 0 saturated carbocycles. The fraction of sp³-hybridized carbons (Fsp3) is 0.211. The molecule has 1 heterocycles. The van der Waals surface area contributed by atoms with Crippen LogP contribution in [0, 0.1) is 17.0 Å². The molecule has 0 radical (unpaired) electrons. The molecule has 26 heavy (non-hydrogen) atoms. The third-order valence-corrected chi connectivity index (χ3v) is 4.76. The van der Waals surface area contributed by atoms with Crippen LogP contribution in [0.15, 0.2) is 42.5 Å². The van der Waals surface area contributed by atoms with Gasteiger partial charge in [-0.25, -0.2) is 0 Å². The van der Waals surface area contributed by atoms with E-state index in [0.29, 0.717) is 16.5 Å². The number of non-ortho nitro benzene ring substituents is 1. The lowest BCUT2D eigenvalue weighted by molar-refractivity contribution is -0.383. The third-order valence-electron chi connectivity index (χ3n) is 4.76. The van der Waals surface area contributed by atoms with E-state index in [1.54, 1.807) is 6.07 Å². The van der Waals surface area contributed by atoms with Gasteiger partial charge in [0.2, 0.25) is 0 Å². The zero-order valence-corrected chi connectivity index (χ0v) is 14.5. The largest absolute Gasteiger partial charge is 0.480 e. The van der Waals surface area contributed by atoms with Gasteiger partial charge >= 0.3 is 5.97 Å². The minimum atomic E-state index is -1.14. The van der Waals surface area contributed by atoms with E-state index >= 15 is 0 Å². The van der Waals surface area contributed by atoms with Gasteiger partial charge in [0.15, 0.2) is 0 Å². The number of nitrogens with two attached hydrogens (primary N) is 1. The van der Waals surface area contributed by atoms with Crippen molar-refractivity contribution in [3.63, 3.8) is 0 Å². The van der Waals surface area contributed by atoms with E-state index in [2.05, 4.69) is 0 Å². The van der Waals surface area contributed by atoms with Crippen LogP contribution in [-0.2, 0) is 18.3 Å². The van der Waals surface area contributed by atoms with E-state index in [1.165, 1.54) is 6.07 Å². The number of nitrogens with zero attached hydrogens (tertiary/aromatic N) is 2. The Kier molecular flexibility index (Phi) is 4.48. The van der Waals surface area contributed by atoms with Crippen LogP contribution in [0.5, 0.6) is 0 Å². The van der Waals surface area contributed by atoms with Crippen LogP contribution in [0.4, 0.5) is 5.69 Å². The molecule has 0 saturated heterocycles. The van der Waals surface area contributed by atoms with Crippen molar-refractivity contribution in [3.8, 4) is 11.1 Å². The first-order valence-electron chi connectivity index (χ1n) is 8.12. The Balaban J connectivity index is 2.37. The molecule has 1 unspecified atom stereocenters. The first-order valence-corrected chi connectivity index (χ1v) is 8.12. The Hall–Kier alpha value is -3.19. The first kappa shape index (κ1) is 17.6. The lowest BCUT2D eigenvalue weighted by atomic mass is 9.97. The van der Waals surface area contributed by atoms with Crippen molar-refractivity contribution in [1.29, 1.82) is 0 Å². The molecule has 3 rings (SSSR count). The maximum Gasteiger partial charge on any atom is 0.320 e. The maximum absolute atomic E-state index is 11.6. The first-order chi connectivity index (χ1) is 12.3. The molecule has 2 aromatic carbocycles. The highest BCUT2D eigenvalue weighted by atomic mass is 16.6. The second-order valence-corrected chi connectivity index (χ2v) is 6.25. The summed E-state index contributed by atoms with van der Waals surface area (Å²) in [4.78, 5) is 22.4. The summed E-state index contributed by atoms with van der Waals surface area (Å²) in [5.41, 5.74) is 9.53. The highest BCUT2D eigenvalue weighted by Gasteiger charge is 2.26. The SMILES string of the molecule is Cc1c(CC(N)C(=O)O)c2c([N+](=O)[O-])ccc(-c3ccccc3)c2n1C. The van der Waals surface area contributed by atoms with Gasteiger partial charge in [-0.2, -0.15) is 0 Å². The van der Waals surface area contributed by atoms with Crippen LogP contribution in [-0.4, -0.2) is 26.6 Å². The minimum absolute atomic E-state index is 0.0254. The number of aromatic nitrogens is 1. The van der Waals surface area contributed by atoms with E-state index in [1.807, 2.05) is 48.9 Å². The van der Waals surface area contributed by atoms with E-state index in [4.69, 9.17) is 10.8 Å². The topological polar surface area (TPSA) is 111 Å². The summed E-state index contributed by atoms with van der Waals surface area (Å²) in [6.45, 7) is 1.82. The molecule has 0 amide bonds. The van der Waals surface area contributed by atoms with Crippen molar-refractivity contribution >= 4 is 22.6 Å². The number of carboxylic acids is 1. The normalized spacial score (nSPS) is 12.3. The standard InChI is InChI=1S/C19H19N3O4/c1-11-14(10-15(20)19(23)24)17-16(22(25)26)9-8-13(18(17)21(11)2)12-6-4-3-5-7-12/h3-9,15H,10,20H2,1-2H3,(H,23,24). The smallest absolute Gasteiger partial charge is 0.320 e. The molecule has 7 nitrogen and oxygen atoms in total. The van der Waals surface area contributed by atoms with Crippen molar-refractivity contribution < 1.29 is 14.8 Å². The monoisotopic (exact) mass is 353 g/mol. The fourth-order valence-electron chi connectivity index (χ4n) is 3.34. The Morgan fingerprint density at radius 1 is 1.27 bits per heavy atom. The Morgan fingerprint density at radius 2 is 1.92 bits per heavy atom. The third kappa shape index (κ3) is 2.82. The second kappa shape index (κ2) is 6.61. The number of hydrogen-bond donors (Lipinski definition) is 2. The maximum atomic E-state index is 11.6. The molecular weight excluding hydrogens is 334 g/mol. The second-order valence-electron chi connectivity index (χ2n) is 6.25. The van der Waals surface area contributed by atoms with E-state index in [-0.39, 0.29) is 12.1 Å². The molecule has 0 fully saturated rings. The predicted octanol–water partition coefficient (Wildman–Crippen LogP) is 3.02. The minimum Gasteiger partial charge on any atom is -0.480 e. The van der Waals surface area contributed by atoms with Gasteiger partial charge in [-0.15, -0.1) is 0 Å². The molecular formula is C19H19N3O4. The van der Waals surface area contributed by atoms with Crippen molar-refractivity contribution in [1.82, 2.24) is 4.57 Å². The van der Waals surface area contributed by atoms with Crippen molar-refractivity contribution in [2.24, 2.45) is 12.8 Å². The number of benzene rings is 2. The molecule has 0 aliphatic carbocycles. The average Bonchev–Trinajstić information content (AvgIpc) is 2.87. The van der Waals surface area contributed by atoms with Crippen LogP contribution in [0.25, 0.3) is 22.0 Å². The predicted molar refractivity (Wildman–Crippen MR) is 99.1 cm³/mol. The molecule has 0 aliphatic rings. The lowest BCUT2D eigenvalue weighted by Gasteiger charge is -2.08. The van der Waals surface area contributed by atoms with Gasteiger partial charge in [-0.1, -0.05) is 30.3 Å². The molecule has 134 valence electrons. The fourth-order valence-corrected chi connectivity index (χ4v) is 3.34. The van der Waals surface area contributed by atoms with Crippen LogP contribution in [0.3, 0.4) is 0 Å². The Labute approximate surface area is 149 Å². The summed E-state index contributed by atoms with van der Waals surface area (Å²) in [6.07, 6.45) is 0.0254. The van der Waals surface area contributed by atoms with Crippen LogP contribution in [0.1, 0.15) is 11.3 Å². The zero-order valence-electron chi connectivity index (χ0n) is 14.5. The number of aryl methyl sites for hydroxylation is 1. The molecule has 0 spiro atoms. The summed E-state index contributed by atoms with van der Waals surface area (Å²) in [5.74, 6) is -1.14. The Bertz CT molecular complexity index is 1010. The molecule has 0 bridgehead atoms. The van der Waals surface area contributed by atoms with Crippen molar-refractivity contribution in [3.05, 3.63) is 63.8 Å². The van der Waals surface area contributed by atoms with Crippen LogP contribution >= 0.6 is 0 Å². The molecule has 1 atom stereocenters. The number of rotatable bonds is 5. The van der Waals surface area contributed by atoms with Gasteiger partial charge in [-0.05, 0) is 24.1 Å². The van der Waals surface area contributed by atoms with Gasteiger partial charge in [0.1, 0.15) is 6.04 Å². The molecule has 1 aromatic heterocycles. The van der Waals surface area contributed by atoms with Gasteiger partial charge in [0, 0.05) is 30.8 Å². The summed E-state index contributed by atoms with van der Waals surface area (Å²) in [7, 11) is 1.82. The number of nitro benzene ring substituents is 1. The summed E-state index contributed by atoms with van der Waals surface area (Å²) >= 11 is 0. The number of fused-ring (bicyclic) bond motifs is 1. The highest BCUT2D eigenvalue weighted by molar-refractivity contribution is 6.03. The average molecular weight is 353 g/mol. The Morgan fingerprint density at radius 3 is 2.50 bits per heavy atom. The number of carbonyl (C=O) groups is 1. The quantitative estimate of drug-likeness (QED) is 0.541. The molecule has 3 aromatic rings. The zero-order chi connectivity index (χ0) is 19.0. The molecule has 7 heteroatoms. The number of hydrogen-bond acceptors (Lipinski definition) is 4. The van der Waals surface area contributed by atoms with Crippen LogP contribution in [0.2, 0.25) is 0 Å². The van der Waals surface area contributed by atoms with Crippen molar-refractivity contribution in [2.75, 3.05) is 0 Å². The van der Waals surface area contributed by atoms with Gasteiger partial charge in [-0.3, -0.25) is 14.9 Å². The van der Waals surface area contributed by atoms with E-state index in [0.717, 1.165) is 16.8 Å². The molecule has 0 aliphatic heterocycles. The number of carboxylic acid groups (broad SMARTS) is 1. The summed E-state index contributed by atoms with van der Waals surface area (Å²) in [6, 6.07) is 11.7.